The molecule has 0 saturated heterocycles. The molecular formula is C29H42FFmN6O9-. The van der Waals surface area contributed by atoms with E-state index in [0.717, 1.165) is 6.42 Å². The Hall–Kier alpha value is -6.28. The number of nitrogens with one attached hydrogen (secondary N) is 4. The number of nitro benzene ring substituents is 1. The predicted octanol–water partition coefficient (Wildman–Crippen LogP) is 3.72. The third-order valence-corrected chi connectivity index (χ3v) is 4.98. The number of urea groups is 1. The van der Waals surface area contributed by atoms with E-state index in [4.69, 9.17) is 15.2 Å². The molecule has 262 valence electrons. The van der Waals surface area contributed by atoms with Crippen LogP contribution in [0.5, 0.6) is 5.75 Å². The van der Waals surface area contributed by atoms with Crippen molar-refractivity contribution >= 4 is 41.8 Å². The number of carbonyl (C=O) groups is 4. The Balaban J connectivity index is -0.00000134. The van der Waals surface area contributed by atoms with Crippen molar-refractivity contribution < 1.29 is 42.8 Å². The van der Waals surface area contributed by atoms with E-state index < -0.39 is 35.0 Å². The maximum absolute atomic E-state index is 12.1. The zero-order chi connectivity index (χ0) is 34.8. The first-order valence-corrected chi connectivity index (χ1v) is 13.8. The minimum Gasteiger partial charge on any atom is -0.520 e. The van der Waals surface area contributed by atoms with Gasteiger partial charge < -0.3 is 41.3 Å². The van der Waals surface area contributed by atoms with Crippen LogP contribution in [0, 0.1) is 16.0 Å². The number of amides is 5. The number of rotatable bonds is 13. The van der Waals surface area contributed by atoms with Crippen molar-refractivity contribution in [1.82, 2.24) is 16.0 Å². The molecule has 0 aliphatic carbocycles. The summed E-state index contributed by atoms with van der Waals surface area (Å²) >= 11 is 0. The van der Waals surface area contributed by atoms with E-state index in [0.29, 0.717) is 25.0 Å². The molecule has 0 heterocycles. The quantitative estimate of drug-likeness (QED) is 0.0493. The molecule has 46 heavy (non-hydrogen) atoms. The molecule has 0 fully saturated rings. The number of nitrogens with zero attached hydrogens (tertiary/aromatic N) is 1. The van der Waals surface area contributed by atoms with Crippen LogP contribution >= 0.6 is 0 Å². The Kier molecular flexibility index (Phi) is 25.3. The van der Waals surface area contributed by atoms with Gasteiger partial charge in [0.1, 0.15) is 12.4 Å². The van der Waals surface area contributed by atoms with Gasteiger partial charge in [0.25, 0.3) is 5.69 Å². The molecule has 1 atom stereocenters. The molecule has 1 unspecified atom stereocenters. The molecule has 17 heteroatoms. The molecule has 2 aromatic rings. The average molecular weight is 895 g/mol. The number of anilines is 1. The van der Waals surface area contributed by atoms with Crippen molar-refractivity contribution in [3.63, 3.8) is 0 Å². The SMILES string of the molecule is CC.CC(C)C(N[C-]=O)C(=O)NCC(=O)Nc1ccc(COC(=O)Oc2ccc([N+](=O)[O-])cc2)cc1.CCCNC(N)=O.CF.[Fm]. The fourth-order valence-electron chi connectivity index (χ4n) is 2.92. The Bertz CT molecular complexity index is 1190. The van der Waals surface area contributed by atoms with E-state index in [1.54, 1.807) is 38.1 Å². The zero-order valence-corrected chi connectivity index (χ0v) is 28.9. The van der Waals surface area contributed by atoms with Gasteiger partial charge in [-0.25, -0.2) is 9.59 Å². The number of ether oxygens (including phenoxy) is 2. The van der Waals surface area contributed by atoms with Crippen molar-refractivity contribution in [3.8, 4) is 5.75 Å². The fourth-order valence-corrected chi connectivity index (χ4v) is 2.92. The van der Waals surface area contributed by atoms with Gasteiger partial charge in [-0.15, -0.1) is 0 Å². The Morgan fingerprint density at radius 2 is 1.57 bits per heavy atom. The molecule has 6 N–H and O–H groups in total. The Morgan fingerprint density at radius 3 is 2.00 bits per heavy atom. The number of benzene rings is 2. The third kappa shape index (κ3) is 19.8. The number of nitro groups is 1. The first-order chi connectivity index (χ1) is 21.5. The van der Waals surface area contributed by atoms with E-state index in [2.05, 4.69) is 21.3 Å². The van der Waals surface area contributed by atoms with Gasteiger partial charge in [-0.3, -0.25) is 24.1 Å². The van der Waals surface area contributed by atoms with Gasteiger partial charge in [0.2, 0.25) is 11.8 Å². The number of non-ortho nitro benzene ring substituents is 1. The Labute approximate surface area is 261 Å². The van der Waals surface area contributed by atoms with Crippen LogP contribution in [0.25, 0.3) is 0 Å². The second kappa shape index (κ2) is 26.4. The molecule has 0 aliphatic rings. The van der Waals surface area contributed by atoms with Crippen molar-refractivity contribution in [2.24, 2.45) is 11.7 Å². The predicted molar refractivity (Wildman–Crippen MR) is 166 cm³/mol. The van der Waals surface area contributed by atoms with Crippen molar-refractivity contribution in [2.75, 3.05) is 25.6 Å². The topological polar surface area (TPSA) is 221 Å². The van der Waals surface area contributed by atoms with Crippen LogP contribution in [0.3, 0.4) is 0 Å². The molecule has 0 spiro atoms. The summed E-state index contributed by atoms with van der Waals surface area (Å²) in [6.45, 7) is 9.74. The number of nitrogens with two attached hydrogens (primary N) is 1. The van der Waals surface area contributed by atoms with Crippen LogP contribution in [0.4, 0.5) is 25.4 Å². The first-order valence-electron chi connectivity index (χ1n) is 13.8. The normalized spacial score (nSPS) is 9.74. The van der Waals surface area contributed by atoms with Gasteiger partial charge in [-0.1, -0.05) is 46.8 Å². The van der Waals surface area contributed by atoms with Gasteiger partial charge in [0.05, 0.1) is 24.7 Å². The molecule has 0 radical (unpaired) electrons. The van der Waals surface area contributed by atoms with Crippen LogP contribution in [-0.4, -0.2) is 61.6 Å². The van der Waals surface area contributed by atoms with Gasteiger partial charge in [0.15, 0.2) is 0 Å². The van der Waals surface area contributed by atoms with E-state index in [9.17, 15) is 38.5 Å². The standard InChI is InChI=1S/C22H23N4O8.C4H10N2O.C2H6.CH3F.Fm/c1-14(2)20(24-13-27)21(29)23-11-19(28)25-16-5-3-15(4-6-16)12-33-22(30)34-18-9-7-17(8-10-18)26(31)32;1-2-3-6-4(5)7;2*1-2;/h3-10,14,20H,11-12H2,1-2H3,(H,23,29)(H,24,27)(H,25,28);2-3H2,1H3,(H3,5,6,7);1-2H3;1H3;/q-1;;;;. The summed E-state index contributed by atoms with van der Waals surface area (Å²) in [7, 11) is 0.500. The second-order valence-electron chi connectivity index (χ2n) is 8.61. The number of halogens is 1. The number of hydrogen-bond acceptors (Lipinski definition) is 9. The summed E-state index contributed by atoms with van der Waals surface area (Å²) < 4.78 is 19.4. The molecule has 0 saturated carbocycles. The van der Waals surface area contributed by atoms with Crippen molar-refractivity contribution in [3.05, 3.63) is 64.2 Å². The van der Waals surface area contributed by atoms with Crippen LogP contribution in [0.15, 0.2) is 48.5 Å². The molecule has 0 aliphatic heterocycles. The summed E-state index contributed by atoms with van der Waals surface area (Å²) in [5.41, 5.74) is 5.66. The van der Waals surface area contributed by atoms with Crippen LogP contribution < -0.4 is 31.7 Å². The maximum Gasteiger partial charge on any atom is 0.514 e. The van der Waals surface area contributed by atoms with E-state index in [1.807, 2.05) is 20.8 Å². The second-order valence-corrected chi connectivity index (χ2v) is 8.61. The first kappa shape index (κ1) is 44.2. The van der Waals surface area contributed by atoms with Crippen LogP contribution in [0.1, 0.15) is 46.6 Å². The number of alkyl halides is 1. The molecule has 2 rings (SSSR count). The molecule has 15 nitrogen and oxygen atoms in total. The summed E-state index contributed by atoms with van der Waals surface area (Å²) in [4.78, 5) is 66.3. The van der Waals surface area contributed by atoms with E-state index >= 15 is 0 Å². The van der Waals surface area contributed by atoms with Gasteiger partial charge in [-0.05, 0) is 42.2 Å². The zero-order valence-electron chi connectivity index (χ0n) is 26.5. The van der Waals surface area contributed by atoms with Gasteiger partial charge >= 0.3 is 12.2 Å². The fraction of sp³-hybridized carbons (Fsp3) is 0.414. The maximum atomic E-state index is 12.1. The van der Waals surface area contributed by atoms with Gasteiger partial charge in [0, 0.05) is 24.4 Å². The molecule has 0 bridgehead atoms. The number of carbonyl (C=O) groups excluding carboxylic acids is 5. The number of primary amides is 1. The average Bonchev–Trinajstić information content (AvgIpc) is 3.03. The van der Waals surface area contributed by atoms with Gasteiger partial charge in [-0.2, -0.15) is 6.41 Å². The Morgan fingerprint density at radius 1 is 1.00 bits per heavy atom. The summed E-state index contributed by atoms with van der Waals surface area (Å²) in [6.07, 6.45) is 1.43. The van der Waals surface area contributed by atoms with Crippen molar-refractivity contribution in [2.45, 2.75) is 53.7 Å². The largest absolute Gasteiger partial charge is 0.520 e. The van der Waals surface area contributed by atoms with E-state index in [-0.39, 0.29) is 30.5 Å². The summed E-state index contributed by atoms with van der Waals surface area (Å²) in [5.74, 6) is -1.05. The molecule has 5 amide bonds. The van der Waals surface area contributed by atoms with Crippen LogP contribution in [-0.2, 0) is 25.7 Å². The minimum absolute atomic E-state index is 0. The minimum atomic E-state index is -0.983. The van der Waals surface area contributed by atoms with Crippen molar-refractivity contribution in [1.29, 1.82) is 0 Å². The number of hydrogen-bond donors (Lipinski definition) is 5. The van der Waals surface area contributed by atoms with E-state index in [1.165, 1.54) is 30.7 Å². The summed E-state index contributed by atoms with van der Waals surface area (Å²) in [5, 5.41) is 20.4. The molecule has 2 aromatic carbocycles. The molecule has 0 aromatic heterocycles. The monoisotopic (exact) mass is 894 g/mol. The smallest absolute Gasteiger partial charge is 0.514 e. The third-order valence-electron chi connectivity index (χ3n) is 4.98. The van der Waals surface area contributed by atoms with Crippen LogP contribution in [0.2, 0.25) is 0 Å². The summed E-state index contributed by atoms with van der Waals surface area (Å²) in [6, 6.07) is 10.1. The molecular weight excluding hydrogens is 852 g/mol.